The van der Waals surface area contributed by atoms with Crippen molar-refractivity contribution in [3.8, 4) is 0 Å². The van der Waals surface area contributed by atoms with E-state index >= 15 is 0 Å². The van der Waals surface area contributed by atoms with E-state index < -0.39 is 5.91 Å². The fourth-order valence-corrected chi connectivity index (χ4v) is 2.81. The Morgan fingerprint density at radius 3 is 2.95 bits per heavy atom. The van der Waals surface area contributed by atoms with Crippen LogP contribution in [0.3, 0.4) is 0 Å². The molecule has 5 nitrogen and oxygen atoms in total. The second-order valence-electron chi connectivity index (χ2n) is 5.43. The molecule has 1 aromatic carbocycles. The maximum atomic E-state index is 14.0. The van der Waals surface area contributed by atoms with Crippen molar-refractivity contribution in [3.63, 3.8) is 0 Å². The maximum absolute atomic E-state index is 14.0. The van der Waals surface area contributed by atoms with Gasteiger partial charge in [0.25, 0.3) is 5.91 Å². The first-order valence-electron chi connectivity index (χ1n) is 6.73. The van der Waals surface area contributed by atoms with E-state index in [0.29, 0.717) is 24.4 Å². The minimum absolute atomic E-state index is 0.151. The van der Waals surface area contributed by atoms with E-state index in [2.05, 4.69) is 4.90 Å². The number of hydroxylamine groups is 1. The van der Waals surface area contributed by atoms with Crippen molar-refractivity contribution >= 4 is 5.91 Å². The number of ether oxygens (including phenoxy) is 1. The van der Waals surface area contributed by atoms with Crippen molar-refractivity contribution in [3.05, 3.63) is 34.6 Å². The lowest BCUT2D eigenvalue weighted by molar-refractivity contribution is -0.0480. The molecule has 1 aromatic rings. The first kappa shape index (κ1) is 13.5. The topological polar surface area (TPSA) is 61.8 Å². The molecule has 2 aliphatic heterocycles. The summed E-state index contributed by atoms with van der Waals surface area (Å²) in [5.74, 6) is -0.491. The van der Waals surface area contributed by atoms with Gasteiger partial charge in [-0.1, -0.05) is 0 Å². The fraction of sp³-hybridized carbons (Fsp3) is 0.500. The van der Waals surface area contributed by atoms with E-state index in [0.717, 1.165) is 31.9 Å². The summed E-state index contributed by atoms with van der Waals surface area (Å²) in [6, 6.07) is 2.84. The Kier molecular flexibility index (Phi) is 3.69. The SMILES string of the molecule is O=C(NO)c1cc(F)c2c(c1)CN(CC1COC1)CC2. The molecule has 1 amide bonds. The summed E-state index contributed by atoms with van der Waals surface area (Å²) in [5, 5.41) is 8.65. The average Bonchev–Trinajstić information content (AvgIpc) is 2.41. The molecule has 2 N–H and O–H groups in total. The highest BCUT2D eigenvalue weighted by Gasteiger charge is 2.26. The predicted molar refractivity (Wildman–Crippen MR) is 68.9 cm³/mol. The number of amides is 1. The van der Waals surface area contributed by atoms with Gasteiger partial charge in [-0.25, -0.2) is 9.87 Å². The van der Waals surface area contributed by atoms with Gasteiger partial charge in [0, 0.05) is 31.1 Å². The van der Waals surface area contributed by atoms with Crippen LogP contribution in [0, 0.1) is 11.7 Å². The van der Waals surface area contributed by atoms with Gasteiger partial charge in [-0.05, 0) is 29.7 Å². The minimum Gasteiger partial charge on any atom is -0.381 e. The Bertz CT molecular complexity index is 531. The van der Waals surface area contributed by atoms with Crippen LogP contribution in [0.5, 0.6) is 0 Å². The van der Waals surface area contributed by atoms with Gasteiger partial charge in [-0.3, -0.25) is 14.9 Å². The van der Waals surface area contributed by atoms with Gasteiger partial charge in [0.15, 0.2) is 0 Å². The summed E-state index contributed by atoms with van der Waals surface area (Å²) in [7, 11) is 0. The Balaban J connectivity index is 1.79. The van der Waals surface area contributed by atoms with E-state index in [1.165, 1.54) is 6.07 Å². The molecular weight excluding hydrogens is 263 g/mol. The zero-order chi connectivity index (χ0) is 14.1. The standard InChI is InChI=1S/C14H17FN2O3/c15-13-4-10(14(18)16-19)3-11-6-17(2-1-12(11)13)5-9-7-20-8-9/h3-4,9,19H,1-2,5-8H2,(H,16,18). The minimum atomic E-state index is -0.684. The Labute approximate surface area is 116 Å². The molecule has 6 heteroatoms. The van der Waals surface area contributed by atoms with Gasteiger partial charge in [0.05, 0.1) is 13.2 Å². The Morgan fingerprint density at radius 2 is 2.30 bits per heavy atom. The molecule has 108 valence electrons. The van der Waals surface area contributed by atoms with Crippen LogP contribution < -0.4 is 5.48 Å². The van der Waals surface area contributed by atoms with Crippen LogP contribution in [0.4, 0.5) is 4.39 Å². The molecule has 0 aromatic heterocycles. The summed E-state index contributed by atoms with van der Waals surface area (Å²) in [6.07, 6.45) is 0.649. The third kappa shape index (κ3) is 2.54. The fourth-order valence-electron chi connectivity index (χ4n) is 2.81. The van der Waals surface area contributed by atoms with Crippen molar-refractivity contribution in [2.24, 2.45) is 5.92 Å². The third-order valence-electron chi connectivity index (χ3n) is 3.95. The molecule has 0 aliphatic carbocycles. The number of nitrogens with one attached hydrogen (secondary N) is 1. The first-order chi connectivity index (χ1) is 9.67. The predicted octanol–water partition coefficient (Wildman–Crippen LogP) is 0.949. The van der Waals surface area contributed by atoms with Crippen LogP contribution in [-0.2, 0) is 17.7 Å². The van der Waals surface area contributed by atoms with Crippen molar-refractivity contribution < 1.29 is 19.1 Å². The number of nitrogens with zero attached hydrogens (tertiary/aromatic N) is 1. The normalized spacial score (nSPS) is 19.3. The Hall–Kier alpha value is -1.50. The van der Waals surface area contributed by atoms with Crippen molar-refractivity contribution in [1.29, 1.82) is 0 Å². The summed E-state index contributed by atoms with van der Waals surface area (Å²) in [5.41, 5.74) is 3.20. The highest BCUT2D eigenvalue weighted by Crippen LogP contribution is 2.25. The molecule has 20 heavy (non-hydrogen) atoms. The molecule has 0 radical (unpaired) electrons. The third-order valence-corrected chi connectivity index (χ3v) is 3.95. The first-order valence-corrected chi connectivity index (χ1v) is 6.73. The monoisotopic (exact) mass is 280 g/mol. The van der Waals surface area contributed by atoms with Crippen molar-refractivity contribution in [1.82, 2.24) is 10.4 Å². The number of carbonyl (C=O) groups excluding carboxylic acids is 1. The lowest BCUT2D eigenvalue weighted by atomic mass is 9.95. The number of hydrogen-bond donors (Lipinski definition) is 2. The largest absolute Gasteiger partial charge is 0.381 e. The summed E-state index contributed by atoms with van der Waals surface area (Å²) in [6.45, 7) is 3.99. The van der Waals surface area contributed by atoms with Crippen LogP contribution in [-0.4, -0.2) is 42.3 Å². The Morgan fingerprint density at radius 1 is 1.50 bits per heavy atom. The van der Waals surface area contributed by atoms with Crippen LogP contribution in [0.15, 0.2) is 12.1 Å². The van der Waals surface area contributed by atoms with Crippen LogP contribution in [0.25, 0.3) is 0 Å². The molecule has 0 bridgehead atoms. The van der Waals surface area contributed by atoms with Gasteiger partial charge in [0.2, 0.25) is 0 Å². The molecule has 2 heterocycles. The number of benzene rings is 1. The second-order valence-corrected chi connectivity index (χ2v) is 5.43. The van der Waals surface area contributed by atoms with Gasteiger partial charge < -0.3 is 4.74 Å². The molecule has 0 unspecified atom stereocenters. The van der Waals surface area contributed by atoms with Gasteiger partial charge in [0.1, 0.15) is 5.82 Å². The molecule has 3 rings (SSSR count). The molecule has 0 saturated carbocycles. The van der Waals surface area contributed by atoms with E-state index in [1.54, 1.807) is 11.5 Å². The van der Waals surface area contributed by atoms with E-state index in [-0.39, 0.29) is 11.4 Å². The second kappa shape index (κ2) is 5.47. The van der Waals surface area contributed by atoms with Gasteiger partial charge in [-0.15, -0.1) is 0 Å². The number of carbonyl (C=O) groups is 1. The number of halogens is 1. The number of fused-ring (bicyclic) bond motifs is 1. The van der Waals surface area contributed by atoms with Crippen LogP contribution in [0.1, 0.15) is 21.5 Å². The lowest BCUT2D eigenvalue weighted by Gasteiger charge is -2.35. The molecule has 1 saturated heterocycles. The zero-order valence-corrected chi connectivity index (χ0v) is 11.1. The molecule has 2 aliphatic rings. The highest BCUT2D eigenvalue weighted by atomic mass is 19.1. The molecular formula is C14H17FN2O3. The van der Waals surface area contributed by atoms with Crippen LogP contribution >= 0.6 is 0 Å². The van der Waals surface area contributed by atoms with Crippen LogP contribution in [0.2, 0.25) is 0 Å². The maximum Gasteiger partial charge on any atom is 0.274 e. The smallest absolute Gasteiger partial charge is 0.274 e. The molecule has 0 atom stereocenters. The number of rotatable bonds is 3. The average molecular weight is 280 g/mol. The van der Waals surface area contributed by atoms with E-state index in [9.17, 15) is 9.18 Å². The highest BCUT2D eigenvalue weighted by molar-refractivity contribution is 5.93. The zero-order valence-electron chi connectivity index (χ0n) is 11.1. The van der Waals surface area contributed by atoms with E-state index in [1.807, 2.05) is 0 Å². The summed E-state index contributed by atoms with van der Waals surface area (Å²) < 4.78 is 19.2. The lowest BCUT2D eigenvalue weighted by Crippen LogP contribution is -2.41. The quantitative estimate of drug-likeness (QED) is 0.639. The molecule has 0 spiro atoms. The molecule has 1 fully saturated rings. The summed E-state index contributed by atoms with van der Waals surface area (Å²) in [4.78, 5) is 13.7. The van der Waals surface area contributed by atoms with E-state index in [4.69, 9.17) is 9.94 Å². The van der Waals surface area contributed by atoms with Crippen molar-refractivity contribution in [2.45, 2.75) is 13.0 Å². The van der Waals surface area contributed by atoms with Crippen molar-refractivity contribution in [2.75, 3.05) is 26.3 Å². The summed E-state index contributed by atoms with van der Waals surface area (Å²) >= 11 is 0. The van der Waals surface area contributed by atoms with Gasteiger partial charge in [-0.2, -0.15) is 0 Å². The number of hydrogen-bond acceptors (Lipinski definition) is 4. The van der Waals surface area contributed by atoms with Gasteiger partial charge >= 0.3 is 0 Å².